The van der Waals surface area contributed by atoms with Crippen LogP contribution in [0, 0.1) is 17.8 Å². The molecule has 0 saturated heterocycles. The molecular formula is C13H27N. The van der Waals surface area contributed by atoms with Gasteiger partial charge in [0.15, 0.2) is 0 Å². The number of rotatable bonds is 6. The molecule has 1 unspecified atom stereocenters. The molecule has 1 heteroatoms. The highest BCUT2D eigenvalue weighted by Gasteiger charge is 2.04. The van der Waals surface area contributed by atoms with E-state index in [4.69, 9.17) is 0 Å². The SMILES string of the molecule is CC(=NCCC(C)CC(C)C)C(C)C. The first-order valence-electron chi connectivity index (χ1n) is 5.94. The standard InChI is InChI=1S/C13H27N/c1-10(2)9-12(5)7-8-14-13(6)11(3)4/h10-12H,7-9H2,1-6H3. The molecule has 0 spiro atoms. The van der Waals surface area contributed by atoms with Gasteiger partial charge >= 0.3 is 0 Å². The summed E-state index contributed by atoms with van der Waals surface area (Å²) in [5.41, 5.74) is 1.29. The first kappa shape index (κ1) is 13.7. The van der Waals surface area contributed by atoms with Crippen molar-refractivity contribution in [1.82, 2.24) is 0 Å². The maximum atomic E-state index is 4.59. The van der Waals surface area contributed by atoms with Crippen molar-refractivity contribution in [3.8, 4) is 0 Å². The Labute approximate surface area is 90.0 Å². The van der Waals surface area contributed by atoms with Crippen molar-refractivity contribution in [2.24, 2.45) is 22.7 Å². The largest absolute Gasteiger partial charge is 0.294 e. The van der Waals surface area contributed by atoms with E-state index in [9.17, 15) is 0 Å². The zero-order valence-corrected chi connectivity index (χ0v) is 10.8. The molecule has 0 rings (SSSR count). The van der Waals surface area contributed by atoms with Crippen LogP contribution in [0.25, 0.3) is 0 Å². The number of nitrogens with zero attached hydrogens (tertiary/aromatic N) is 1. The maximum Gasteiger partial charge on any atom is 0.0391 e. The highest BCUT2D eigenvalue weighted by molar-refractivity contribution is 5.83. The molecule has 0 fully saturated rings. The van der Waals surface area contributed by atoms with E-state index < -0.39 is 0 Å². The Morgan fingerprint density at radius 1 is 1.07 bits per heavy atom. The Balaban J connectivity index is 3.67. The van der Waals surface area contributed by atoms with Crippen LogP contribution in [0.15, 0.2) is 4.99 Å². The van der Waals surface area contributed by atoms with Gasteiger partial charge in [-0.2, -0.15) is 0 Å². The first-order chi connectivity index (χ1) is 6.43. The summed E-state index contributed by atoms with van der Waals surface area (Å²) >= 11 is 0. The third kappa shape index (κ3) is 7.11. The fourth-order valence-corrected chi connectivity index (χ4v) is 1.57. The van der Waals surface area contributed by atoms with Crippen molar-refractivity contribution in [2.45, 2.75) is 54.4 Å². The Bertz CT molecular complexity index is 168. The van der Waals surface area contributed by atoms with Gasteiger partial charge in [0.05, 0.1) is 0 Å². The molecule has 0 aliphatic heterocycles. The normalized spacial score (nSPS) is 15.3. The summed E-state index contributed by atoms with van der Waals surface area (Å²) in [5.74, 6) is 2.24. The van der Waals surface area contributed by atoms with Gasteiger partial charge in [-0.25, -0.2) is 0 Å². The van der Waals surface area contributed by atoms with Crippen LogP contribution in [0.2, 0.25) is 0 Å². The molecule has 0 amide bonds. The lowest BCUT2D eigenvalue weighted by Gasteiger charge is -2.12. The Hall–Kier alpha value is -0.330. The zero-order chi connectivity index (χ0) is 11.1. The molecule has 0 N–H and O–H groups in total. The highest BCUT2D eigenvalue weighted by atomic mass is 14.7. The zero-order valence-electron chi connectivity index (χ0n) is 10.8. The van der Waals surface area contributed by atoms with Crippen molar-refractivity contribution < 1.29 is 0 Å². The summed E-state index contributed by atoms with van der Waals surface area (Å²) in [6, 6.07) is 0. The van der Waals surface area contributed by atoms with Crippen LogP contribution < -0.4 is 0 Å². The van der Waals surface area contributed by atoms with Gasteiger partial charge in [-0.1, -0.05) is 34.6 Å². The summed E-state index contributed by atoms with van der Waals surface area (Å²) in [4.78, 5) is 4.59. The quantitative estimate of drug-likeness (QED) is 0.567. The predicted octanol–water partition coefficient (Wildman–Crippen LogP) is 4.18. The van der Waals surface area contributed by atoms with Crippen molar-refractivity contribution in [1.29, 1.82) is 0 Å². The Morgan fingerprint density at radius 3 is 2.07 bits per heavy atom. The van der Waals surface area contributed by atoms with Crippen LogP contribution in [0.4, 0.5) is 0 Å². The highest BCUT2D eigenvalue weighted by Crippen LogP contribution is 2.14. The predicted molar refractivity (Wildman–Crippen MR) is 66.1 cm³/mol. The lowest BCUT2D eigenvalue weighted by molar-refractivity contribution is 0.420. The van der Waals surface area contributed by atoms with Gasteiger partial charge in [0.1, 0.15) is 0 Å². The van der Waals surface area contributed by atoms with Gasteiger partial charge in [-0.3, -0.25) is 4.99 Å². The van der Waals surface area contributed by atoms with Gasteiger partial charge in [0.2, 0.25) is 0 Å². The van der Waals surface area contributed by atoms with Gasteiger partial charge < -0.3 is 0 Å². The van der Waals surface area contributed by atoms with Crippen molar-refractivity contribution >= 4 is 5.71 Å². The smallest absolute Gasteiger partial charge is 0.0391 e. The minimum absolute atomic E-state index is 0.607. The maximum absolute atomic E-state index is 4.59. The summed E-state index contributed by atoms with van der Waals surface area (Å²) in [5, 5.41) is 0. The Kier molecular flexibility index (Phi) is 6.86. The van der Waals surface area contributed by atoms with E-state index in [1.54, 1.807) is 0 Å². The summed E-state index contributed by atoms with van der Waals surface area (Å²) in [6.45, 7) is 14.5. The summed E-state index contributed by atoms with van der Waals surface area (Å²) in [6.07, 6.45) is 2.57. The van der Waals surface area contributed by atoms with Crippen molar-refractivity contribution in [2.75, 3.05) is 6.54 Å². The lowest BCUT2D eigenvalue weighted by Crippen LogP contribution is -2.06. The molecule has 0 radical (unpaired) electrons. The second-order valence-electron chi connectivity index (χ2n) is 5.20. The molecule has 0 aliphatic carbocycles. The number of aliphatic imine (C=N–C) groups is 1. The molecule has 14 heavy (non-hydrogen) atoms. The van der Waals surface area contributed by atoms with E-state index in [0.29, 0.717) is 5.92 Å². The second-order valence-corrected chi connectivity index (χ2v) is 5.20. The molecule has 1 nitrogen and oxygen atoms in total. The van der Waals surface area contributed by atoms with Crippen LogP contribution in [-0.2, 0) is 0 Å². The van der Waals surface area contributed by atoms with E-state index >= 15 is 0 Å². The third-order valence-corrected chi connectivity index (χ3v) is 2.69. The van der Waals surface area contributed by atoms with Gasteiger partial charge in [0, 0.05) is 12.3 Å². The minimum atomic E-state index is 0.607. The van der Waals surface area contributed by atoms with E-state index in [2.05, 4.69) is 46.5 Å². The topological polar surface area (TPSA) is 12.4 Å². The molecule has 0 aromatic rings. The molecular weight excluding hydrogens is 170 g/mol. The molecule has 1 atom stereocenters. The van der Waals surface area contributed by atoms with Crippen LogP contribution in [0.3, 0.4) is 0 Å². The monoisotopic (exact) mass is 197 g/mol. The van der Waals surface area contributed by atoms with Gasteiger partial charge in [0.25, 0.3) is 0 Å². The van der Waals surface area contributed by atoms with E-state index in [1.165, 1.54) is 18.6 Å². The fourth-order valence-electron chi connectivity index (χ4n) is 1.57. The fraction of sp³-hybridized carbons (Fsp3) is 0.923. The summed E-state index contributed by atoms with van der Waals surface area (Å²) < 4.78 is 0. The van der Waals surface area contributed by atoms with Crippen LogP contribution in [0.1, 0.15) is 54.4 Å². The van der Waals surface area contributed by atoms with E-state index in [1.807, 2.05) is 0 Å². The Morgan fingerprint density at radius 2 is 1.64 bits per heavy atom. The molecule has 0 aromatic heterocycles. The average Bonchev–Trinajstić information content (AvgIpc) is 2.02. The molecule has 84 valence electrons. The van der Waals surface area contributed by atoms with Gasteiger partial charge in [-0.05, 0) is 37.5 Å². The van der Waals surface area contributed by atoms with Crippen molar-refractivity contribution in [3.05, 3.63) is 0 Å². The third-order valence-electron chi connectivity index (χ3n) is 2.69. The van der Waals surface area contributed by atoms with Crippen LogP contribution >= 0.6 is 0 Å². The van der Waals surface area contributed by atoms with E-state index in [0.717, 1.165) is 18.4 Å². The number of hydrogen-bond acceptors (Lipinski definition) is 1. The molecule has 0 aliphatic rings. The van der Waals surface area contributed by atoms with Gasteiger partial charge in [-0.15, -0.1) is 0 Å². The second kappa shape index (κ2) is 7.03. The summed E-state index contributed by atoms with van der Waals surface area (Å²) in [7, 11) is 0. The molecule has 0 aromatic carbocycles. The molecule has 0 heterocycles. The minimum Gasteiger partial charge on any atom is -0.294 e. The first-order valence-corrected chi connectivity index (χ1v) is 5.94. The molecule has 0 bridgehead atoms. The van der Waals surface area contributed by atoms with E-state index in [-0.39, 0.29) is 0 Å². The molecule has 0 saturated carbocycles. The number of hydrogen-bond donors (Lipinski definition) is 0. The lowest BCUT2D eigenvalue weighted by atomic mass is 9.96. The van der Waals surface area contributed by atoms with Crippen molar-refractivity contribution in [3.63, 3.8) is 0 Å². The van der Waals surface area contributed by atoms with Crippen LogP contribution in [0.5, 0.6) is 0 Å². The average molecular weight is 197 g/mol. The van der Waals surface area contributed by atoms with Crippen LogP contribution in [-0.4, -0.2) is 12.3 Å².